The molecule has 2 rings (SSSR count). The van der Waals surface area contributed by atoms with Gasteiger partial charge in [-0.2, -0.15) is 0 Å². The van der Waals surface area contributed by atoms with Gasteiger partial charge in [0.2, 0.25) is 0 Å². The van der Waals surface area contributed by atoms with E-state index in [4.69, 9.17) is 9.84 Å². The van der Waals surface area contributed by atoms with Crippen molar-refractivity contribution in [2.45, 2.75) is 12.5 Å². The van der Waals surface area contributed by atoms with Crippen LogP contribution >= 0.6 is 0 Å². The first-order valence-corrected chi connectivity index (χ1v) is 6.41. The van der Waals surface area contributed by atoms with Gasteiger partial charge < -0.3 is 19.6 Å². The monoisotopic (exact) mass is 264 g/mol. The summed E-state index contributed by atoms with van der Waals surface area (Å²) in [6.07, 6.45) is 0.154. The summed E-state index contributed by atoms with van der Waals surface area (Å²) >= 11 is 0. The van der Waals surface area contributed by atoms with Crippen molar-refractivity contribution in [2.75, 3.05) is 38.7 Å². The van der Waals surface area contributed by atoms with Crippen molar-refractivity contribution in [1.29, 1.82) is 0 Å². The largest absolute Gasteiger partial charge is 0.497 e. The Morgan fingerprint density at radius 2 is 2.26 bits per heavy atom. The maximum absolute atomic E-state index is 11.0. The van der Waals surface area contributed by atoms with E-state index in [1.54, 1.807) is 7.11 Å². The molecule has 5 heteroatoms. The third-order valence-corrected chi connectivity index (χ3v) is 3.48. The highest BCUT2D eigenvalue weighted by molar-refractivity contribution is 5.69. The lowest BCUT2D eigenvalue weighted by Crippen LogP contribution is -2.52. The Morgan fingerprint density at radius 3 is 2.95 bits per heavy atom. The molecule has 1 saturated heterocycles. The number of aliphatic carboxylic acids is 1. The third-order valence-electron chi connectivity index (χ3n) is 3.48. The Hall–Kier alpha value is -1.75. The van der Waals surface area contributed by atoms with Crippen molar-refractivity contribution >= 4 is 11.7 Å². The van der Waals surface area contributed by atoms with E-state index in [1.807, 2.05) is 31.3 Å². The SMILES string of the molecule is COc1cccc(N2CCN(C)CC2CC(=O)O)c1. The van der Waals surface area contributed by atoms with Gasteiger partial charge >= 0.3 is 5.97 Å². The third kappa shape index (κ3) is 3.38. The van der Waals surface area contributed by atoms with Gasteiger partial charge in [0.05, 0.1) is 19.6 Å². The smallest absolute Gasteiger partial charge is 0.305 e. The normalized spacial score (nSPS) is 20.3. The van der Waals surface area contributed by atoms with E-state index in [9.17, 15) is 4.79 Å². The minimum atomic E-state index is -0.756. The fourth-order valence-corrected chi connectivity index (χ4v) is 2.52. The number of carbonyl (C=O) groups is 1. The molecule has 0 spiro atoms. The second-order valence-corrected chi connectivity index (χ2v) is 4.91. The highest BCUT2D eigenvalue weighted by Crippen LogP contribution is 2.25. The van der Waals surface area contributed by atoms with E-state index < -0.39 is 5.97 Å². The molecule has 1 aromatic carbocycles. The van der Waals surface area contributed by atoms with Crippen LogP contribution in [0.5, 0.6) is 5.75 Å². The first kappa shape index (κ1) is 13.7. The van der Waals surface area contributed by atoms with Crippen molar-refractivity contribution < 1.29 is 14.6 Å². The van der Waals surface area contributed by atoms with Crippen LogP contribution in [0.25, 0.3) is 0 Å². The van der Waals surface area contributed by atoms with Crippen LogP contribution in [-0.4, -0.2) is 55.8 Å². The molecule has 0 bridgehead atoms. The molecule has 0 amide bonds. The predicted octanol–water partition coefficient (Wildman–Crippen LogP) is 1.29. The Kier molecular flexibility index (Phi) is 4.27. The number of piperazine rings is 1. The molecule has 1 atom stereocenters. The van der Waals surface area contributed by atoms with Crippen LogP contribution in [-0.2, 0) is 4.79 Å². The van der Waals surface area contributed by atoms with Crippen molar-refractivity contribution in [3.05, 3.63) is 24.3 Å². The Morgan fingerprint density at radius 1 is 1.47 bits per heavy atom. The van der Waals surface area contributed by atoms with Gasteiger partial charge in [0.15, 0.2) is 0 Å². The zero-order valence-electron chi connectivity index (χ0n) is 11.4. The average Bonchev–Trinajstić information content (AvgIpc) is 2.38. The minimum absolute atomic E-state index is 0.00311. The number of likely N-dealkylation sites (N-methyl/N-ethyl adjacent to an activating group) is 1. The van der Waals surface area contributed by atoms with Gasteiger partial charge in [-0.25, -0.2) is 0 Å². The topological polar surface area (TPSA) is 53.0 Å². The molecule has 1 heterocycles. The van der Waals surface area contributed by atoms with Gasteiger partial charge in [0, 0.05) is 31.4 Å². The maximum Gasteiger partial charge on any atom is 0.305 e. The highest BCUT2D eigenvalue weighted by Gasteiger charge is 2.27. The molecule has 0 aromatic heterocycles. The van der Waals surface area contributed by atoms with Crippen molar-refractivity contribution in [1.82, 2.24) is 4.90 Å². The van der Waals surface area contributed by atoms with E-state index in [1.165, 1.54) is 0 Å². The second kappa shape index (κ2) is 5.93. The van der Waals surface area contributed by atoms with Crippen LogP contribution in [0, 0.1) is 0 Å². The average molecular weight is 264 g/mol. The number of nitrogens with zero attached hydrogens (tertiary/aromatic N) is 2. The molecule has 1 aromatic rings. The molecule has 1 aliphatic heterocycles. The molecule has 5 nitrogen and oxygen atoms in total. The molecule has 0 saturated carbocycles. The molecule has 0 aliphatic carbocycles. The van der Waals surface area contributed by atoms with Crippen LogP contribution in [0.1, 0.15) is 6.42 Å². The van der Waals surface area contributed by atoms with Gasteiger partial charge in [-0.1, -0.05) is 6.07 Å². The van der Waals surface area contributed by atoms with Crippen LogP contribution in [0.4, 0.5) is 5.69 Å². The van der Waals surface area contributed by atoms with Crippen molar-refractivity contribution in [3.8, 4) is 5.75 Å². The Labute approximate surface area is 113 Å². The molecule has 0 radical (unpaired) electrons. The summed E-state index contributed by atoms with van der Waals surface area (Å²) in [5.41, 5.74) is 1.03. The molecular formula is C14H20N2O3. The number of carboxylic acids is 1. The van der Waals surface area contributed by atoms with Crippen LogP contribution in [0.2, 0.25) is 0 Å². The van der Waals surface area contributed by atoms with Gasteiger partial charge in [-0.15, -0.1) is 0 Å². The summed E-state index contributed by atoms with van der Waals surface area (Å²) in [5.74, 6) is 0.0405. The first-order valence-electron chi connectivity index (χ1n) is 6.41. The number of hydrogen-bond acceptors (Lipinski definition) is 4. The van der Waals surface area contributed by atoms with Gasteiger partial charge in [-0.3, -0.25) is 4.79 Å². The van der Waals surface area contributed by atoms with Crippen LogP contribution in [0.15, 0.2) is 24.3 Å². The van der Waals surface area contributed by atoms with Gasteiger partial charge in [0.1, 0.15) is 5.75 Å². The number of ether oxygens (including phenoxy) is 1. The predicted molar refractivity (Wildman–Crippen MR) is 73.9 cm³/mol. The summed E-state index contributed by atoms with van der Waals surface area (Å²) in [4.78, 5) is 15.3. The molecule has 1 fully saturated rings. The summed E-state index contributed by atoms with van der Waals surface area (Å²) in [6, 6.07) is 7.79. The highest BCUT2D eigenvalue weighted by atomic mass is 16.5. The number of rotatable bonds is 4. The first-order chi connectivity index (χ1) is 9.10. The lowest BCUT2D eigenvalue weighted by molar-refractivity contribution is -0.137. The van der Waals surface area contributed by atoms with E-state index >= 15 is 0 Å². The van der Waals surface area contributed by atoms with E-state index in [0.29, 0.717) is 0 Å². The van der Waals surface area contributed by atoms with E-state index in [2.05, 4.69) is 9.80 Å². The summed E-state index contributed by atoms with van der Waals surface area (Å²) in [5, 5.41) is 9.05. The van der Waals surface area contributed by atoms with E-state index in [0.717, 1.165) is 31.1 Å². The van der Waals surface area contributed by atoms with Crippen molar-refractivity contribution in [3.63, 3.8) is 0 Å². The molecule has 19 heavy (non-hydrogen) atoms. The van der Waals surface area contributed by atoms with Crippen LogP contribution < -0.4 is 9.64 Å². The number of benzene rings is 1. The number of carboxylic acid groups (broad SMARTS) is 1. The second-order valence-electron chi connectivity index (χ2n) is 4.91. The maximum atomic E-state index is 11.0. The van der Waals surface area contributed by atoms with Crippen molar-refractivity contribution in [2.24, 2.45) is 0 Å². The number of hydrogen-bond donors (Lipinski definition) is 1. The molecule has 104 valence electrons. The fourth-order valence-electron chi connectivity index (χ4n) is 2.52. The van der Waals surface area contributed by atoms with Crippen LogP contribution in [0.3, 0.4) is 0 Å². The standard InChI is InChI=1S/C14H20N2O3/c1-15-6-7-16(12(10-15)9-14(17)18)11-4-3-5-13(8-11)19-2/h3-5,8,12H,6-7,9-10H2,1-2H3,(H,17,18). The summed E-state index contributed by atoms with van der Waals surface area (Å²) in [6.45, 7) is 2.54. The molecule has 1 unspecified atom stereocenters. The molecule has 1 N–H and O–H groups in total. The number of methoxy groups -OCH3 is 1. The Bertz CT molecular complexity index is 450. The zero-order chi connectivity index (χ0) is 13.8. The number of anilines is 1. The Balaban J connectivity index is 2.21. The quantitative estimate of drug-likeness (QED) is 0.888. The molecule has 1 aliphatic rings. The minimum Gasteiger partial charge on any atom is -0.497 e. The fraction of sp³-hybridized carbons (Fsp3) is 0.500. The van der Waals surface area contributed by atoms with E-state index in [-0.39, 0.29) is 12.5 Å². The molecular weight excluding hydrogens is 244 g/mol. The zero-order valence-corrected chi connectivity index (χ0v) is 11.4. The lowest BCUT2D eigenvalue weighted by atomic mass is 10.1. The summed E-state index contributed by atoms with van der Waals surface area (Å²) in [7, 11) is 3.66. The van der Waals surface area contributed by atoms with Gasteiger partial charge in [0.25, 0.3) is 0 Å². The lowest BCUT2D eigenvalue weighted by Gasteiger charge is -2.41. The summed E-state index contributed by atoms with van der Waals surface area (Å²) < 4.78 is 5.23. The van der Waals surface area contributed by atoms with Gasteiger partial charge in [-0.05, 0) is 19.2 Å².